The van der Waals surface area contributed by atoms with Gasteiger partial charge in [0.1, 0.15) is 5.75 Å². The molecule has 0 fully saturated rings. The Morgan fingerprint density at radius 1 is 1.38 bits per heavy atom. The zero-order chi connectivity index (χ0) is 16.2. The topological polar surface area (TPSA) is 68.4 Å². The van der Waals surface area contributed by atoms with Crippen LogP contribution in [-0.4, -0.2) is 23.9 Å². The number of esters is 1. The van der Waals surface area contributed by atoms with E-state index in [-0.39, 0.29) is 6.61 Å². The summed E-state index contributed by atoms with van der Waals surface area (Å²) < 4.78 is 69.7. The lowest BCUT2D eigenvalue weighted by atomic mass is 10.1. The molecule has 1 N–H and O–H groups in total. The summed E-state index contributed by atoms with van der Waals surface area (Å²) in [6.45, 7) is 1.40. The maximum absolute atomic E-state index is 12.5. The molecule has 0 saturated heterocycles. The van der Waals surface area contributed by atoms with Crippen LogP contribution >= 0.6 is 0 Å². The molecule has 0 spiro atoms. The third-order valence-corrected chi connectivity index (χ3v) is 2.20. The van der Waals surface area contributed by atoms with Crippen LogP contribution in [0.4, 0.5) is 22.0 Å². The van der Waals surface area contributed by atoms with Crippen LogP contribution in [0.3, 0.4) is 0 Å². The van der Waals surface area contributed by atoms with Gasteiger partial charge in [-0.1, -0.05) is 0 Å². The van der Waals surface area contributed by atoms with Gasteiger partial charge < -0.3 is 14.5 Å². The van der Waals surface area contributed by atoms with E-state index in [1.54, 1.807) is 4.98 Å². The second-order valence-electron chi connectivity index (χ2n) is 3.73. The molecule has 0 amide bonds. The molecule has 0 radical (unpaired) electrons. The van der Waals surface area contributed by atoms with Gasteiger partial charge in [-0.25, -0.2) is 8.78 Å². The molecule has 0 aromatic carbocycles. The van der Waals surface area contributed by atoms with Crippen molar-refractivity contribution in [1.29, 1.82) is 0 Å². The summed E-state index contributed by atoms with van der Waals surface area (Å²) in [6, 6.07) is 0.327. The van der Waals surface area contributed by atoms with Gasteiger partial charge in [-0.05, 0) is 6.92 Å². The summed E-state index contributed by atoms with van der Waals surface area (Å²) >= 11 is 0. The van der Waals surface area contributed by atoms with E-state index in [4.69, 9.17) is 0 Å². The van der Waals surface area contributed by atoms with Gasteiger partial charge >= 0.3 is 12.3 Å². The average Bonchev–Trinajstić information content (AvgIpc) is 2.31. The van der Waals surface area contributed by atoms with Crippen molar-refractivity contribution >= 4 is 5.97 Å². The Kier molecular flexibility index (Phi) is 5.28. The van der Waals surface area contributed by atoms with Gasteiger partial charge in [-0.15, -0.1) is 13.2 Å². The van der Waals surface area contributed by atoms with Gasteiger partial charge in [0.15, 0.2) is 0 Å². The number of halogens is 5. The Morgan fingerprint density at radius 3 is 2.48 bits per heavy atom. The minimum Gasteiger partial charge on any atom is -0.466 e. The number of aromatic nitrogens is 1. The third-order valence-electron chi connectivity index (χ3n) is 2.20. The number of carbonyl (C=O) groups is 1. The fraction of sp³-hybridized carbons (Fsp3) is 0.455. The quantitative estimate of drug-likeness (QED) is 0.669. The molecule has 0 atom stereocenters. The van der Waals surface area contributed by atoms with Crippen molar-refractivity contribution in [2.75, 3.05) is 6.61 Å². The molecule has 0 saturated carbocycles. The van der Waals surface area contributed by atoms with Crippen LogP contribution in [0.25, 0.3) is 0 Å². The number of ether oxygens (including phenoxy) is 2. The molecular weight excluding hydrogens is 305 g/mol. The molecule has 0 unspecified atom stereocenters. The standard InChI is InChI=1S/C11H10F5NO4/c1-2-20-8(18)3-5-7(21-11(14,15)16)4-6(9(12)13)17-10(5)19/h4,9H,2-3H2,1H3,(H,17,19). The van der Waals surface area contributed by atoms with Crippen molar-refractivity contribution in [2.45, 2.75) is 26.1 Å². The Morgan fingerprint density at radius 2 is 2.00 bits per heavy atom. The highest BCUT2D eigenvalue weighted by Gasteiger charge is 2.33. The zero-order valence-corrected chi connectivity index (χ0v) is 10.6. The van der Waals surface area contributed by atoms with Crippen molar-refractivity contribution in [1.82, 2.24) is 4.98 Å². The van der Waals surface area contributed by atoms with Gasteiger partial charge in [0.25, 0.3) is 12.0 Å². The van der Waals surface area contributed by atoms with Gasteiger partial charge in [0.2, 0.25) is 0 Å². The minimum absolute atomic E-state index is 0.0542. The number of carbonyl (C=O) groups excluding carboxylic acids is 1. The number of alkyl halides is 5. The highest BCUT2D eigenvalue weighted by molar-refractivity contribution is 5.73. The van der Waals surface area contributed by atoms with Crippen molar-refractivity contribution < 1.29 is 36.2 Å². The minimum atomic E-state index is -5.20. The van der Waals surface area contributed by atoms with E-state index in [1.807, 2.05) is 0 Å². The first-order valence-corrected chi connectivity index (χ1v) is 5.59. The second kappa shape index (κ2) is 6.55. The number of nitrogens with one attached hydrogen (secondary N) is 1. The van der Waals surface area contributed by atoms with Crippen molar-refractivity contribution in [3.05, 3.63) is 27.7 Å². The van der Waals surface area contributed by atoms with Gasteiger partial charge in [0, 0.05) is 6.07 Å². The lowest BCUT2D eigenvalue weighted by molar-refractivity contribution is -0.275. The molecule has 10 heteroatoms. The molecule has 0 bridgehead atoms. The highest BCUT2D eigenvalue weighted by atomic mass is 19.4. The van der Waals surface area contributed by atoms with Crippen LogP contribution in [-0.2, 0) is 16.0 Å². The molecule has 0 aliphatic carbocycles. The summed E-state index contributed by atoms with van der Waals surface area (Å²) in [5.41, 5.74) is -3.07. The first-order chi connectivity index (χ1) is 9.64. The van der Waals surface area contributed by atoms with E-state index < -0.39 is 47.7 Å². The summed E-state index contributed by atoms with van der Waals surface area (Å²) in [5.74, 6) is -2.14. The van der Waals surface area contributed by atoms with Crippen LogP contribution in [0.2, 0.25) is 0 Å². The number of rotatable bonds is 5. The summed E-state index contributed by atoms with van der Waals surface area (Å²) in [7, 11) is 0. The Hall–Kier alpha value is -2.13. The molecule has 118 valence electrons. The molecule has 1 aromatic heterocycles. The number of hydrogen-bond acceptors (Lipinski definition) is 4. The monoisotopic (exact) mass is 315 g/mol. The summed E-state index contributed by atoms with van der Waals surface area (Å²) in [6.07, 6.45) is -9.24. The van der Waals surface area contributed by atoms with Crippen LogP contribution < -0.4 is 10.3 Å². The first-order valence-electron chi connectivity index (χ1n) is 5.59. The van der Waals surface area contributed by atoms with E-state index in [1.165, 1.54) is 6.92 Å². The molecule has 1 aromatic rings. The van der Waals surface area contributed by atoms with Gasteiger partial charge in [0.05, 0.1) is 24.3 Å². The van der Waals surface area contributed by atoms with E-state index in [0.717, 1.165) is 0 Å². The highest BCUT2D eigenvalue weighted by Crippen LogP contribution is 2.28. The Bertz CT molecular complexity index is 567. The molecule has 0 aliphatic heterocycles. The maximum atomic E-state index is 12.5. The molecular formula is C11H10F5NO4. The van der Waals surface area contributed by atoms with Gasteiger partial charge in [-0.3, -0.25) is 9.59 Å². The molecule has 21 heavy (non-hydrogen) atoms. The molecule has 1 rings (SSSR count). The number of pyridine rings is 1. The number of hydrogen-bond donors (Lipinski definition) is 1. The van der Waals surface area contributed by atoms with Crippen LogP contribution in [0.15, 0.2) is 10.9 Å². The fourth-order valence-corrected chi connectivity index (χ4v) is 1.44. The lowest BCUT2D eigenvalue weighted by Gasteiger charge is -2.13. The van der Waals surface area contributed by atoms with Crippen LogP contribution in [0, 0.1) is 0 Å². The van der Waals surface area contributed by atoms with Crippen LogP contribution in [0.1, 0.15) is 24.6 Å². The smallest absolute Gasteiger partial charge is 0.466 e. The number of H-pyrrole nitrogens is 1. The maximum Gasteiger partial charge on any atom is 0.573 e. The first kappa shape index (κ1) is 16.9. The molecule has 0 aliphatic rings. The van der Waals surface area contributed by atoms with Crippen LogP contribution in [0.5, 0.6) is 5.75 Å². The molecule has 1 heterocycles. The molecule has 5 nitrogen and oxygen atoms in total. The third kappa shape index (κ3) is 5.04. The largest absolute Gasteiger partial charge is 0.573 e. The lowest BCUT2D eigenvalue weighted by Crippen LogP contribution is -2.25. The van der Waals surface area contributed by atoms with Crippen molar-refractivity contribution in [2.24, 2.45) is 0 Å². The zero-order valence-electron chi connectivity index (χ0n) is 10.6. The predicted octanol–water partition coefficient (Wildman–Crippen LogP) is 2.32. The van der Waals surface area contributed by atoms with Crippen molar-refractivity contribution in [3.8, 4) is 5.75 Å². The summed E-state index contributed by atoms with van der Waals surface area (Å²) in [4.78, 5) is 24.5. The summed E-state index contributed by atoms with van der Waals surface area (Å²) in [5, 5.41) is 0. The normalized spacial score (nSPS) is 11.6. The Balaban J connectivity index is 3.26. The van der Waals surface area contributed by atoms with E-state index in [2.05, 4.69) is 9.47 Å². The SMILES string of the molecule is CCOC(=O)Cc1c(OC(F)(F)F)cc(C(F)F)[nH]c1=O. The van der Waals surface area contributed by atoms with Crippen molar-refractivity contribution in [3.63, 3.8) is 0 Å². The van der Waals surface area contributed by atoms with E-state index in [9.17, 15) is 31.5 Å². The second-order valence-corrected chi connectivity index (χ2v) is 3.73. The predicted molar refractivity (Wildman–Crippen MR) is 59.0 cm³/mol. The van der Waals surface area contributed by atoms with E-state index >= 15 is 0 Å². The fourth-order valence-electron chi connectivity index (χ4n) is 1.44. The number of aromatic amines is 1. The van der Waals surface area contributed by atoms with E-state index in [0.29, 0.717) is 6.07 Å². The Labute approximate surface area is 114 Å². The average molecular weight is 315 g/mol. The van der Waals surface area contributed by atoms with Gasteiger partial charge in [-0.2, -0.15) is 0 Å².